The molecule has 340 valence electrons. The highest BCUT2D eigenvalue weighted by Gasteiger charge is 2.67. The molecule has 1 aliphatic heterocycles. The summed E-state index contributed by atoms with van der Waals surface area (Å²) in [5.74, 6) is -3.20. The number of carboxylic acid groups (broad SMARTS) is 1. The van der Waals surface area contributed by atoms with E-state index in [1.807, 2.05) is 23.9 Å². The standard InChI is InChI=1S/C38H52F2N6O9S.C4H10.3H2/c1-21(2)16-24-29(55-34-27(9-7-5-6-8-22-10-11-22)42-26-13-12-23(54-4)17-28(26)43-34)20-46(30(47)19-41-36(50)51)31(24)33(48)44-38(18-25(38)32(39)40)35(49)45-56(52,53)37(3)14-15-37;1-4(2)3;;;/h12-13,17,21-22,24-25,29,31-32,41H,5-11,14-16,18-20H2,1-4H3,(H,44,48)(H,45,49)(H,50,51);4H,1-3H3;3*1H/t24-,25+,29+,31+,38-;;;;/m1..../s1. The second-order valence-electron chi connectivity index (χ2n) is 18.2. The van der Waals surface area contributed by atoms with Crippen molar-refractivity contribution in [3.63, 3.8) is 0 Å². The molecule has 4 N–H and O–H groups in total. The molecule has 15 nitrogen and oxygen atoms in total. The zero-order valence-corrected chi connectivity index (χ0v) is 36.6. The van der Waals surface area contributed by atoms with Gasteiger partial charge in [0.15, 0.2) is 0 Å². The fourth-order valence-corrected chi connectivity index (χ4v) is 9.00. The van der Waals surface area contributed by atoms with Crippen molar-refractivity contribution < 1.29 is 55.2 Å². The topological polar surface area (TPSA) is 206 Å². The highest BCUT2D eigenvalue weighted by Crippen LogP contribution is 2.50. The van der Waals surface area contributed by atoms with Crippen molar-refractivity contribution in [3.8, 4) is 11.6 Å². The highest BCUT2D eigenvalue weighted by molar-refractivity contribution is 7.91. The van der Waals surface area contributed by atoms with Crippen LogP contribution in [0.3, 0.4) is 0 Å². The molecule has 60 heavy (non-hydrogen) atoms. The minimum Gasteiger partial charge on any atom is -0.497 e. The average molecular weight is 871 g/mol. The summed E-state index contributed by atoms with van der Waals surface area (Å²) < 4.78 is 67.2. The number of carbonyl (C=O) groups excluding carboxylic acids is 3. The van der Waals surface area contributed by atoms with Crippen molar-refractivity contribution in [2.45, 2.75) is 141 Å². The fraction of sp³-hybridized carbons (Fsp3) is 0.714. The number of nitrogens with zero attached hydrogens (tertiary/aromatic N) is 3. The van der Waals surface area contributed by atoms with Gasteiger partial charge in [-0.2, -0.15) is 0 Å². The van der Waals surface area contributed by atoms with Crippen molar-refractivity contribution in [1.29, 1.82) is 0 Å². The van der Waals surface area contributed by atoms with E-state index in [1.165, 1.54) is 33.3 Å². The van der Waals surface area contributed by atoms with Gasteiger partial charge in [-0.3, -0.25) is 19.1 Å². The Hall–Kier alpha value is -4.35. The highest BCUT2D eigenvalue weighted by atomic mass is 32.2. The predicted molar refractivity (Wildman–Crippen MR) is 226 cm³/mol. The van der Waals surface area contributed by atoms with Gasteiger partial charge in [0, 0.05) is 16.3 Å². The van der Waals surface area contributed by atoms with E-state index in [4.69, 9.17) is 19.4 Å². The van der Waals surface area contributed by atoms with Gasteiger partial charge in [-0.15, -0.1) is 0 Å². The van der Waals surface area contributed by atoms with Gasteiger partial charge in [-0.05, 0) is 75.3 Å². The summed E-state index contributed by atoms with van der Waals surface area (Å²) in [4.78, 5) is 63.9. The molecule has 1 saturated heterocycles. The summed E-state index contributed by atoms with van der Waals surface area (Å²) in [6.07, 6.45) is 2.06. The van der Waals surface area contributed by atoms with Crippen molar-refractivity contribution in [3.05, 3.63) is 23.9 Å². The Morgan fingerprint density at radius 1 is 1.03 bits per heavy atom. The van der Waals surface area contributed by atoms with Crippen LogP contribution in [0.25, 0.3) is 11.0 Å². The first-order valence-corrected chi connectivity index (χ1v) is 22.6. The zero-order chi connectivity index (χ0) is 44.2. The first-order chi connectivity index (χ1) is 28.2. The number of likely N-dealkylation sites (tertiary alicyclic amines) is 1. The third kappa shape index (κ3) is 11.5. The monoisotopic (exact) mass is 870 g/mol. The van der Waals surface area contributed by atoms with Gasteiger partial charge >= 0.3 is 6.09 Å². The molecule has 2 heterocycles. The lowest BCUT2D eigenvalue weighted by molar-refractivity contribution is -0.140. The molecule has 3 aliphatic carbocycles. The molecule has 18 heteroatoms. The number of carbonyl (C=O) groups is 4. The Morgan fingerprint density at radius 3 is 2.28 bits per heavy atom. The van der Waals surface area contributed by atoms with Crippen LogP contribution in [-0.2, 0) is 30.8 Å². The second kappa shape index (κ2) is 19.1. The van der Waals surface area contributed by atoms with Gasteiger partial charge in [0.2, 0.25) is 34.1 Å². The molecule has 4 aliphatic rings. The average Bonchev–Trinajstić information content (AvgIpc) is 4.09. The number of unbranched alkanes of at least 4 members (excludes halogenated alkanes) is 2. The number of nitrogens with one attached hydrogen (secondary N) is 3. The number of aryl methyl sites for hydroxylation is 1. The first kappa shape index (κ1) is 46.7. The van der Waals surface area contributed by atoms with Gasteiger partial charge in [0.05, 0.1) is 35.4 Å². The Labute approximate surface area is 356 Å². The normalized spacial score (nSPS) is 24.2. The zero-order valence-electron chi connectivity index (χ0n) is 35.8. The number of rotatable bonds is 19. The molecule has 0 radical (unpaired) electrons. The summed E-state index contributed by atoms with van der Waals surface area (Å²) in [5.41, 5.74) is -0.578. The molecule has 5 atom stereocenters. The number of halogens is 2. The van der Waals surface area contributed by atoms with Crippen LogP contribution in [0, 0.1) is 29.6 Å². The molecule has 6 rings (SSSR count). The van der Waals surface area contributed by atoms with Crippen LogP contribution in [0.2, 0.25) is 0 Å². The number of sulfonamides is 1. The molecule has 2 aromatic rings. The molecular formula is C42H68F2N6O9S. The van der Waals surface area contributed by atoms with Crippen LogP contribution in [0.4, 0.5) is 13.6 Å². The summed E-state index contributed by atoms with van der Waals surface area (Å²) in [6.45, 7) is 10.8. The van der Waals surface area contributed by atoms with E-state index in [-0.39, 0.29) is 41.9 Å². The van der Waals surface area contributed by atoms with E-state index in [0.29, 0.717) is 28.9 Å². The van der Waals surface area contributed by atoms with E-state index in [2.05, 4.69) is 26.1 Å². The predicted octanol–water partition coefficient (Wildman–Crippen LogP) is 6.58. The van der Waals surface area contributed by atoms with E-state index >= 15 is 0 Å². The Morgan fingerprint density at radius 2 is 1.72 bits per heavy atom. The summed E-state index contributed by atoms with van der Waals surface area (Å²) in [5, 5.41) is 13.7. The number of alkyl halides is 2. The number of fused-ring (bicyclic) bond motifs is 1. The van der Waals surface area contributed by atoms with Crippen LogP contribution in [-0.4, -0.2) is 101 Å². The molecule has 3 saturated carbocycles. The lowest BCUT2D eigenvalue weighted by atomic mass is 9.88. The van der Waals surface area contributed by atoms with E-state index in [9.17, 15) is 41.5 Å². The minimum atomic E-state index is -4.24. The number of hydrogen-bond acceptors (Lipinski definition) is 10. The van der Waals surface area contributed by atoms with Crippen LogP contribution in [0.1, 0.15) is 116 Å². The Bertz CT molecular complexity index is 2010. The maximum atomic E-state index is 14.4. The largest absolute Gasteiger partial charge is 0.497 e. The number of aromatic nitrogens is 2. The van der Waals surface area contributed by atoms with E-state index in [1.54, 1.807) is 18.2 Å². The molecule has 1 aromatic carbocycles. The molecular weight excluding hydrogens is 803 g/mol. The van der Waals surface area contributed by atoms with Crippen molar-refractivity contribution in [2.75, 3.05) is 20.2 Å². The lowest BCUT2D eigenvalue weighted by Crippen LogP contribution is -2.59. The van der Waals surface area contributed by atoms with Gasteiger partial charge in [-0.1, -0.05) is 66.7 Å². The number of amides is 4. The summed E-state index contributed by atoms with van der Waals surface area (Å²) in [7, 11) is -2.72. The maximum absolute atomic E-state index is 14.4. The fourth-order valence-electron chi connectivity index (χ4n) is 7.69. The molecule has 0 spiro atoms. The minimum absolute atomic E-state index is 0. The SMILES string of the molecule is CC(C)C.COc1ccc2nc(CCCCCC3CC3)c(O[C@H]3CN(C(=O)CNC(=O)O)[C@H](C(=O)N[C@]4(C(=O)NS(=O)(=O)C5(C)CC5)C[C@H]4C(F)F)[C@@H]3CC(C)C)nc2c1.[HH].[HH].[HH]. The number of methoxy groups -OCH3 is 1. The lowest BCUT2D eigenvalue weighted by Gasteiger charge is -2.30. The van der Waals surface area contributed by atoms with Crippen molar-refractivity contribution in [2.24, 2.45) is 29.6 Å². The first-order valence-electron chi connectivity index (χ1n) is 21.1. The molecule has 4 amide bonds. The van der Waals surface area contributed by atoms with Gasteiger partial charge < -0.3 is 30.1 Å². The van der Waals surface area contributed by atoms with Crippen molar-refractivity contribution in [1.82, 2.24) is 30.2 Å². The quantitative estimate of drug-likeness (QED) is 0.111. The third-order valence-corrected chi connectivity index (χ3v) is 13.8. The van der Waals surface area contributed by atoms with Crippen LogP contribution in [0.5, 0.6) is 11.6 Å². The Kier molecular flexibility index (Phi) is 14.9. The number of ether oxygens (including phenoxy) is 2. The van der Waals surface area contributed by atoms with Crippen molar-refractivity contribution >= 4 is 44.9 Å². The van der Waals surface area contributed by atoms with E-state index in [0.717, 1.165) is 36.0 Å². The summed E-state index contributed by atoms with van der Waals surface area (Å²) >= 11 is 0. The van der Waals surface area contributed by atoms with Crippen LogP contribution >= 0.6 is 0 Å². The molecule has 4 fully saturated rings. The molecule has 0 unspecified atom stereocenters. The van der Waals surface area contributed by atoms with Crippen LogP contribution in [0.15, 0.2) is 18.2 Å². The second-order valence-corrected chi connectivity index (χ2v) is 20.4. The third-order valence-electron chi connectivity index (χ3n) is 11.6. The molecule has 0 bridgehead atoms. The Balaban J connectivity index is 0.00000187. The van der Waals surface area contributed by atoms with Gasteiger partial charge in [0.25, 0.3) is 5.91 Å². The number of benzene rings is 1. The maximum Gasteiger partial charge on any atom is 0.405 e. The summed E-state index contributed by atoms with van der Waals surface area (Å²) in [6, 6.07) is 3.87. The van der Waals surface area contributed by atoms with Gasteiger partial charge in [-0.25, -0.2) is 32.0 Å². The van der Waals surface area contributed by atoms with E-state index < -0.39 is 87.5 Å². The smallest absolute Gasteiger partial charge is 0.405 e. The van der Waals surface area contributed by atoms with Gasteiger partial charge in [0.1, 0.15) is 35.7 Å². The number of hydrogen-bond donors (Lipinski definition) is 4. The van der Waals surface area contributed by atoms with Crippen LogP contribution < -0.4 is 24.8 Å². The molecule has 1 aromatic heterocycles.